The van der Waals surface area contributed by atoms with Crippen molar-refractivity contribution in [1.29, 1.82) is 0 Å². The van der Waals surface area contributed by atoms with Gasteiger partial charge in [-0.25, -0.2) is 12.8 Å². The number of nitrogens with zero attached hydrogens (tertiary/aromatic N) is 4. The molecule has 3 aromatic rings. The molecule has 1 atom stereocenters. The van der Waals surface area contributed by atoms with Gasteiger partial charge in [-0.3, -0.25) is 9.48 Å². The zero-order valence-electron chi connectivity index (χ0n) is 16.7. The number of hydrogen-bond acceptors (Lipinski definition) is 5. The van der Waals surface area contributed by atoms with E-state index in [2.05, 4.69) is 15.6 Å². The summed E-state index contributed by atoms with van der Waals surface area (Å²) in [6, 6.07) is 14.0. The first kappa shape index (κ1) is 21.1. The number of amides is 1. The molecule has 1 aromatic heterocycles. The molecule has 1 aliphatic heterocycles. The number of hydrogen-bond donors (Lipinski definition) is 1. The third-order valence-electron chi connectivity index (χ3n) is 5.21. The Bertz CT molecular complexity index is 1150. The molecule has 2 heterocycles. The SMILES string of the molecule is O=C(NCc1ccccc1)c1cn(CC2CCCN2S(=O)(=O)c2ccc(F)cc2)nn1. The quantitative estimate of drug-likeness (QED) is 0.604. The predicted octanol–water partition coefficient (Wildman–Crippen LogP) is 2.20. The molecule has 1 unspecified atom stereocenters. The first-order chi connectivity index (χ1) is 14.9. The number of nitrogens with one attached hydrogen (secondary N) is 1. The Balaban J connectivity index is 1.41. The molecule has 31 heavy (non-hydrogen) atoms. The van der Waals surface area contributed by atoms with E-state index in [1.807, 2.05) is 30.3 Å². The maximum Gasteiger partial charge on any atom is 0.273 e. The smallest absolute Gasteiger partial charge is 0.273 e. The lowest BCUT2D eigenvalue weighted by Gasteiger charge is -2.23. The van der Waals surface area contributed by atoms with Crippen molar-refractivity contribution in [3.63, 3.8) is 0 Å². The minimum absolute atomic E-state index is 0.0559. The Morgan fingerprint density at radius 3 is 2.61 bits per heavy atom. The summed E-state index contributed by atoms with van der Waals surface area (Å²) in [4.78, 5) is 12.4. The van der Waals surface area contributed by atoms with Gasteiger partial charge in [0.05, 0.1) is 17.6 Å². The lowest BCUT2D eigenvalue weighted by molar-refractivity contribution is 0.0945. The van der Waals surface area contributed by atoms with Gasteiger partial charge in [-0.2, -0.15) is 4.31 Å². The summed E-state index contributed by atoms with van der Waals surface area (Å²) < 4.78 is 42.0. The number of carbonyl (C=O) groups is 1. The first-order valence-corrected chi connectivity index (χ1v) is 11.4. The lowest BCUT2D eigenvalue weighted by Crippen LogP contribution is -2.38. The summed E-state index contributed by atoms with van der Waals surface area (Å²) >= 11 is 0. The first-order valence-electron chi connectivity index (χ1n) is 9.93. The molecule has 1 amide bonds. The maximum atomic E-state index is 13.2. The molecule has 162 valence electrons. The second-order valence-corrected chi connectivity index (χ2v) is 9.25. The van der Waals surface area contributed by atoms with Gasteiger partial charge in [-0.15, -0.1) is 5.10 Å². The molecule has 1 saturated heterocycles. The van der Waals surface area contributed by atoms with Gasteiger partial charge in [0.1, 0.15) is 5.82 Å². The molecule has 8 nitrogen and oxygen atoms in total. The van der Waals surface area contributed by atoms with Crippen molar-refractivity contribution in [1.82, 2.24) is 24.6 Å². The third kappa shape index (κ3) is 4.80. The van der Waals surface area contributed by atoms with Crippen molar-refractivity contribution in [2.24, 2.45) is 0 Å². The predicted molar refractivity (Wildman–Crippen MR) is 111 cm³/mol. The molecule has 2 aromatic carbocycles. The van der Waals surface area contributed by atoms with Crippen LogP contribution in [-0.4, -0.2) is 46.2 Å². The van der Waals surface area contributed by atoms with Crippen LogP contribution in [0.25, 0.3) is 0 Å². The summed E-state index contributed by atoms with van der Waals surface area (Å²) in [7, 11) is -3.75. The molecule has 0 bridgehead atoms. The van der Waals surface area contributed by atoms with Crippen LogP contribution < -0.4 is 5.32 Å². The third-order valence-corrected chi connectivity index (χ3v) is 7.17. The zero-order valence-corrected chi connectivity index (χ0v) is 17.5. The molecular formula is C21H22FN5O3S. The average molecular weight is 444 g/mol. The topological polar surface area (TPSA) is 97.2 Å². The molecular weight excluding hydrogens is 421 g/mol. The van der Waals surface area contributed by atoms with E-state index in [1.54, 1.807) is 0 Å². The van der Waals surface area contributed by atoms with Crippen LogP contribution >= 0.6 is 0 Å². The Kier molecular flexibility index (Phi) is 6.10. The standard InChI is InChI=1S/C21H22FN5O3S/c22-17-8-10-19(11-9-17)31(29,30)27-12-4-7-18(27)14-26-15-20(24-25-26)21(28)23-13-16-5-2-1-3-6-16/h1-3,5-6,8-11,15,18H,4,7,12-14H2,(H,23,28). The van der Waals surface area contributed by atoms with E-state index >= 15 is 0 Å². The fraction of sp³-hybridized carbons (Fsp3) is 0.286. The molecule has 10 heteroatoms. The number of carbonyl (C=O) groups excluding carboxylic acids is 1. The van der Waals surface area contributed by atoms with Gasteiger partial charge in [-0.05, 0) is 42.7 Å². The fourth-order valence-corrected chi connectivity index (χ4v) is 5.31. The van der Waals surface area contributed by atoms with Crippen molar-refractivity contribution in [3.05, 3.63) is 77.9 Å². The highest BCUT2D eigenvalue weighted by atomic mass is 32.2. The Labute approximate surface area is 179 Å². The van der Waals surface area contributed by atoms with Crippen LogP contribution in [0.15, 0.2) is 65.7 Å². The highest BCUT2D eigenvalue weighted by molar-refractivity contribution is 7.89. The van der Waals surface area contributed by atoms with Crippen LogP contribution in [0.1, 0.15) is 28.9 Å². The van der Waals surface area contributed by atoms with Crippen molar-refractivity contribution in [3.8, 4) is 0 Å². The van der Waals surface area contributed by atoms with Gasteiger partial charge in [0.25, 0.3) is 5.91 Å². The molecule has 4 rings (SSSR count). The van der Waals surface area contributed by atoms with Crippen LogP contribution in [-0.2, 0) is 23.1 Å². The highest BCUT2D eigenvalue weighted by Crippen LogP contribution is 2.27. The largest absolute Gasteiger partial charge is 0.347 e. The van der Waals surface area contributed by atoms with E-state index < -0.39 is 15.8 Å². The maximum absolute atomic E-state index is 13.2. The second kappa shape index (κ2) is 8.94. The van der Waals surface area contributed by atoms with Gasteiger partial charge in [0.15, 0.2) is 5.69 Å². The van der Waals surface area contributed by atoms with Crippen LogP contribution in [0.2, 0.25) is 0 Å². The Morgan fingerprint density at radius 2 is 1.87 bits per heavy atom. The molecule has 1 N–H and O–H groups in total. The fourth-order valence-electron chi connectivity index (χ4n) is 3.63. The number of rotatable bonds is 7. The molecule has 1 aliphatic rings. The minimum atomic E-state index is -3.75. The zero-order chi connectivity index (χ0) is 21.8. The summed E-state index contributed by atoms with van der Waals surface area (Å²) in [5.41, 5.74) is 1.14. The minimum Gasteiger partial charge on any atom is -0.347 e. The van der Waals surface area contributed by atoms with Crippen molar-refractivity contribution >= 4 is 15.9 Å². The summed E-state index contributed by atoms with van der Waals surface area (Å²) in [5, 5.41) is 10.7. The van der Waals surface area contributed by atoms with Crippen LogP contribution in [0, 0.1) is 5.82 Å². The number of benzene rings is 2. The van der Waals surface area contributed by atoms with Gasteiger partial charge in [0, 0.05) is 19.1 Å². The lowest BCUT2D eigenvalue weighted by atomic mass is 10.2. The monoisotopic (exact) mass is 443 g/mol. The van der Waals surface area contributed by atoms with Crippen LogP contribution in [0.3, 0.4) is 0 Å². The molecule has 0 saturated carbocycles. The normalized spacial score (nSPS) is 17.0. The van der Waals surface area contributed by atoms with Gasteiger partial charge >= 0.3 is 0 Å². The Hall–Kier alpha value is -3.11. The average Bonchev–Trinajstić information content (AvgIpc) is 3.43. The van der Waals surface area contributed by atoms with Crippen LogP contribution in [0.5, 0.6) is 0 Å². The van der Waals surface area contributed by atoms with Crippen molar-refractivity contribution in [2.75, 3.05) is 6.54 Å². The highest BCUT2D eigenvalue weighted by Gasteiger charge is 2.35. The molecule has 1 fully saturated rings. The van der Waals surface area contributed by atoms with Gasteiger partial charge in [-0.1, -0.05) is 35.5 Å². The molecule has 0 aliphatic carbocycles. The number of aromatic nitrogens is 3. The van der Waals surface area contributed by atoms with E-state index in [0.29, 0.717) is 25.9 Å². The van der Waals surface area contributed by atoms with E-state index in [-0.39, 0.29) is 29.1 Å². The number of sulfonamides is 1. The summed E-state index contributed by atoms with van der Waals surface area (Å²) in [6.45, 7) is 1.03. The van der Waals surface area contributed by atoms with E-state index in [4.69, 9.17) is 0 Å². The Morgan fingerprint density at radius 1 is 1.13 bits per heavy atom. The molecule has 0 radical (unpaired) electrons. The van der Waals surface area contributed by atoms with Crippen molar-refractivity contribution < 1.29 is 17.6 Å². The number of halogens is 1. The van der Waals surface area contributed by atoms with E-state index in [1.165, 1.54) is 27.3 Å². The van der Waals surface area contributed by atoms with Crippen LogP contribution in [0.4, 0.5) is 4.39 Å². The van der Waals surface area contributed by atoms with Gasteiger partial charge in [0.2, 0.25) is 10.0 Å². The van der Waals surface area contributed by atoms with Gasteiger partial charge < -0.3 is 5.32 Å². The second-order valence-electron chi connectivity index (χ2n) is 7.36. The molecule has 0 spiro atoms. The summed E-state index contributed by atoms with van der Waals surface area (Å²) in [5.74, 6) is -0.838. The van der Waals surface area contributed by atoms with Crippen molar-refractivity contribution in [2.45, 2.75) is 36.9 Å². The van der Waals surface area contributed by atoms with E-state index in [0.717, 1.165) is 17.7 Å². The summed E-state index contributed by atoms with van der Waals surface area (Å²) in [6.07, 6.45) is 2.89. The van der Waals surface area contributed by atoms with E-state index in [9.17, 15) is 17.6 Å².